The second kappa shape index (κ2) is 12.1. The van der Waals surface area contributed by atoms with Crippen molar-refractivity contribution in [1.29, 1.82) is 0 Å². The van der Waals surface area contributed by atoms with E-state index < -0.39 is 0 Å². The smallest absolute Gasteiger partial charge is 0.0468 e. The Morgan fingerprint density at radius 1 is 0.340 bits per heavy atom. The standard InChI is InChI=1S/C49H37N/c1-49(2)46-20-9-8-18-45(46)48-44(19-11-21-47(48)49)40-16-10-17-42(33-40)50(43-31-28-35-14-6-7-15-39(35)32-43)41-29-26-38(27-30-41)37-24-22-36(23-25-37)34-12-4-3-5-13-34/h3-33H,1-2H3. The van der Waals surface area contributed by atoms with E-state index >= 15 is 0 Å². The third-order valence-corrected chi connectivity index (χ3v) is 10.5. The van der Waals surface area contributed by atoms with Crippen molar-refractivity contribution >= 4 is 27.8 Å². The molecule has 8 aromatic rings. The van der Waals surface area contributed by atoms with Crippen LogP contribution in [0.2, 0.25) is 0 Å². The number of fused-ring (bicyclic) bond motifs is 4. The Bertz CT molecular complexity index is 2490. The second-order valence-corrected chi connectivity index (χ2v) is 13.8. The van der Waals surface area contributed by atoms with E-state index in [1.165, 1.54) is 66.4 Å². The minimum atomic E-state index is -0.0414. The van der Waals surface area contributed by atoms with E-state index in [0.717, 1.165) is 17.1 Å². The van der Waals surface area contributed by atoms with Crippen LogP contribution in [0.5, 0.6) is 0 Å². The third-order valence-electron chi connectivity index (χ3n) is 10.5. The van der Waals surface area contributed by atoms with Crippen molar-refractivity contribution in [3.05, 3.63) is 199 Å². The maximum absolute atomic E-state index is 2.39. The highest BCUT2D eigenvalue weighted by Gasteiger charge is 2.36. The van der Waals surface area contributed by atoms with E-state index in [2.05, 4.69) is 207 Å². The first-order chi connectivity index (χ1) is 24.5. The van der Waals surface area contributed by atoms with E-state index in [-0.39, 0.29) is 5.41 Å². The van der Waals surface area contributed by atoms with Crippen LogP contribution in [0.1, 0.15) is 25.0 Å². The van der Waals surface area contributed by atoms with Crippen LogP contribution in [0, 0.1) is 0 Å². The maximum Gasteiger partial charge on any atom is 0.0468 e. The molecule has 50 heavy (non-hydrogen) atoms. The Labute approximate surface area is 294 Å². The average molecular weight is 640 g/mol. The molecule has 0 N–H and O–H groups in total. The first-order valence-corrected chi connectivity index (χ1v) is 17.4. The fourth-order valence-corrected chi connectivity index (χ4v) is 7.86. The molecule has 0 heterocycles. The van der Waals surface area contributed by atoms with Crippen LogP contribution in [0.25, 0.3) is 55.3 Å². The molecule has 0 radical (unpaired) electrons. The predicted molar refractivity (Wildman–Crippen MR) is 213 cm³/mol. The van der Waals surface area contributed by atoms with Crippen LogP contribution in [0.4, 0.5) is 17.1 Å². The van der Waals surface area contributed by atoms with Gasteiger partial charge in [-0.15, -0.1) is 0 Å². The fraction of sp³-hybridized carbons (Fsp3) is 0.0612. The van der Waals surface area contributed by atoms with Crippen molar-refractivity contribution in [2.24, 2.45) is 0 Å². The van der Waals surface area contributed by atoms with Crippen LogP contribution < -0.4 is 4.90 Å². The van der Waals surface area contributed by atoms with Crippen LogP contribution in [0.15, 0.2) is 188 Å². The van der Waals surface area contributed by atoms with Crippen LogP contribution >= 0.6 is 0 Å². The molecule has 9 rings (SSSR count). The molecule has 1 nitrogen and oxygen atoms in total. The van der Waals surface area contributed by atoms with Crippen molar-refractivity contribution in [2.45, 2.75) is 19.3 Å². The Kier molecular flexibility index (Phi) is 7.21. The molecule has 0 spiro atoms. The van der Waals surface area contributed by atoms with Crippen LogP contribution in [0.3, 0.4) is 0 Å². The molecular formula is C49H37N. The first kappa shape index (κ1) is 29.9. The van der Waals surface area contributed by atoms with Gasteiger partial charge in [-0.05, 0) is 103 Å². The molecule has 0 amide bonds. The average Bonchev–Trinajstić information content (AvgIpc) is 3.42. The molecule has 0 saturated carbocycles. The number of benzene rings is 8. The van der Waals surface area contributed by atoms with Gasteiger partial charge >= 0.3 is 0 Å². The Balaban J connectivity index is 1.14. The highest BCUT2D eigenvalue weighted by molar-refractivity contribution is 5.94. The molecule has 1 aliphatic rings. The first-order valence-electron chi connectivity index (χ1n) is 17.4. The summed E-state index contributed by atoms with van der Waals surface area (Å²) < 4.78 is 0. The molecule has 0 atom stereocenters. The van der Waals surface area contributed by atoms with Crippen molar-refractivity contribution < 1.29 is 0 Å². The van der Waals surface area contributed by atoms with Gasteiger partial charge in [0.2, 0.25) is 0 Å². The van der Waals surface area contributed by atoms with Gasteiger partial charge in [0.25, 0.3) is 0 Å². The summed E-state index contributed by atoms with van der Waals surface area (Å²) in [6.45, 7) is 4.70. The van der Waals surface area contributed by atoms with E-state index in [4.69, 9.17) is 0 Å². The van der Waals surface area contributed by atoms with Gasteiger partial charge in [0.05, 0.1) is 0 Å². The van der Waals surface area contributed by atoms with Gasteiger partial charge in [-0.2, -0.15) is 0 Å². The highest BCUT2D eigenvalue weighted by Crippen LogP contribution is 2.52. The summed E-state index contributed by atoms with van der Waals surface area (Å²) in [6, 6.07) is 68.5. The summed E-state index contributed by atoms with van der Waals surface area (Å²) in [6.07, 6.45) is 0. The summed E-state index contributed by atoms with van der Waals surface area (Å²) in [7, 11) is 0. The molecule has 0 unspecified atom stereocenters. The van der Waals surface area contributed by atoms with Gasteiger partial charge in [-0.25, -0.2) is 0 Å². The van der Waals surface area contributed by atoms with Gasteiger partial charge in [0.1, 0.15) is 0 Å². The van der Waals surface area contributed by atoms with Crippen molar-refractivity contribution in [2.75, 3.05) is 4.90 Å². The van der Waals surface area contributed by atoms with Crippen molar-refractivity contribution in [1.82, 2.24) is 0 Å². The molecule has 0 saturated heterocycles. The number of rotatable bonds is 6. The lowest BCUT2D eigenvalue weighted by Crippen LogP contribution is -2.14. The summed E-state index contributed by atoms with van der Waals surface area (Å²) >= 11 is 0. The zero-order valence-electron chi connectivity index (χ0n) is 28.3. The third kappa shape index (κ3) is 5.11. The zero-order valence-corrected chi connectivity index (χ0v) is 28.3. The minimum absolute atomic E-state index is 0.0414. The number of anilines is 3. The van der Waals surface area contributed by atoms with Crippen molar-refractivity contribution in [3.8, 4) is 44.5 Å². The zero-order chi connectivity index (χ0) is 33.7. The maximum atomic E-state index is 2.39. The molecule has 0 fully saturated rings. The Hall–Kier alpha value is -6.18. The minimum Gasteiger partial charge on any atom is -0.310 e. The summed E-state index contributed by atoms with van der Waals surface area (Å²) in [5, 5.41) is 2.46. The van der Waals surface area contributed by atoms with E-state index in [9.17, 15) is 0 Å². The molecule has 1 aliphatic carbocycles. The molecule has 0 aliphatic heterocycles. The topological polar surface area (TPSA) is 3.24 Å². The lowest BCUT2D eigenvalue weighted by Gasteiger charge is -2.27. The van der Waals surface area contributed by atoms with Gasteiger partial charge in [0.15, 0.2) is 0 Å². The van der Waals surface area contributed by atoms with Crippen LogP contribution in [-0.4, -0.2) is 0 Å². The van der Waals surface area contributed by atoms with E-state index in [1.807, 2.05) is 0 Å². The molecule has 0 aromatic heterocycles. The number of hydrogen-bond donors (Lipinski definition) is 0. The number of hydrogen-bond acceptors (Lipinski definition) is 1. The summed E-state index contributed by atoms with van der Waals surface area (Å²) in [5.74, 6) is 0. The lowest BCUT2D eigenvalue weighted by molar-refractivity contribution is 0.660. The van der Waals surface area contributed by atoms with Crippen LogP contribution in [-0.2, 0) is 5.41 Å². The molecule has 8 aromatic carbocycles. The van der Waals surface area contributed by atoms with Gasteiger partial charge < -0.3 is 4.90 Å². The second-order valence-electron chi connectivity index (χ2n) is 13.8. The van der Waals surface area contributed by atoms with Crippen molar-refractivity contribution in [3.63, 3.8) is 0 Å². The largest absolute Gasteiger partial charge is 0.310 e. The fourth-order valence-electron chi connectivity index (χ4n) is 7.86. The highest BCUT2D eigenvalue weighted by atomic mass is 15.1. The molecule has 1 heteroatoms. The predicted octanol–water partition coefficient (Wildman–Crippen LogP) is 13.6. The summed E-state index contributed by atoms with van der Waals surface area (Å²) in [5.41, 5.74) is 16.2. The lowest BCUT2D eigenvalue weighted by atomic mass is 9.82. The molecule has 0 bridgehead atoms. The quantitative estimate of drug-likeness (QED) is 0.175. The van der Waals surface area contributed by atoms with E-state index in [1.54, 1.807) is 0 Å². The van der Waals surface area contributed by atoms with Gasteiger partial charge in [-0.3, -0.25) is 0 Å². The number of nitrogens with zero attached hydrogens (tertiary/aromatic N) is 1. The monoisotopic (exact) mass is 639 g/mol. The Morgan fingerprint density at radius 3 is 1.62 bits per heavy atom. The van der Waals surface area contributed by atoms with E-state index in [0.29, 0.717) is 0 Å². The Morgan fingerprint density at radius 2 is 0.860 bits per heavy atom. The van der Waals surface area contributed by atoms with Gasteiger partial charge in [-0.1, -0.05) is 166 Å². The van der Waals surface area contributed by atoms with Gasteiger partial charge in [0, 0.05) is 22.5 Å². The molecular weight excluding hydrogens is 603 g/mol. The SMILES string of the molecule is CC1(C)c2ccccc2-c2c(-c3cccc(N(c4ccc(-c5ccc(-c6ccccc6)cc5)cc4)c4ccc5ccccc5c4)c3)cccc21. The molecule has 238 valence electrons. The normalized spacial score (nSPS) is 12.8. The summed E-state index contributed by atoms with van der Waals surface area (Å²) in [4.78, 5) is 2.39.